The molecular weight excluding hydrogens is 260 g/mol. The van der Waals surface area contributed by atoms with Crippen molar-refractivity contribution in [1.29, 1.82) is 0 Å². The van der Waals surface area contributed by atoms with E-state index in [1.807, 2.05) is 32.0 Å². The molecule has 1 unspecified atom stereocenters. The lowest BCUT2D eigenvalue weighted by atomic mass is 10.0. The van der Waals surface area contributed by atoms with Gasteiger partial charge in [-0.05, 0) is 25.0 Å². The molecule has 2 nitrogen and oxygen atoms in total. The van der Waals surface area contributed by atoms with Crippen molar-refractivity contribution in [3.05, 3.63) is 64.7 Å². The van der Waals surface area contributed by atoms with Gasteiger partial charge in [0.2, 0.25) is 0 Å². The van der Waals surface area contributed by atoms with Crippen LogP contribution in [0.15, 0.2) is 36.4 Å². The van der Waals surface area contributed by atoms with E-state index in [2.05, 4.69) is 0 Å². The minimum absolute atomic E-state index is 0.141. The van der Waals surface area contributed by atoms with Gasteiger partial charge in [-0.2, -0.15) is 0 Å². The quantitative estimate of drug-likeness (QED) is 0.925. The van der Waals surface area contributed by atoms with Gasteiger partial charge in [0.1, 0.15) is 24.0 Å². The molecule has 1 atom stereocenters. The number of benzene rings is 2. The second-order valence-electron chi connectivity index (χ2n) is 4.88. The molecule has 0 radical (unpaired) electrons. The number of ether oxygens (including phenoxy) is 1. The lowest BCUT2D eigenvalue weighted by Gasteiger charge is -2.16. The van der Waals surface area contributed by atoms with Crippen LogP contribution >= 0.6 is 0 Å². The maximum absolute atomic E-state index is 13.0. The third kappa shape index (κ3) is 3.54. The summed E-state index contributed by atoms with van der Waals surface area (Å²) in [5.41, 5.74) is 9.26. The fourth-order valence-corrected chi connectivity index (χ4v) is 2.13. The molecule has 0 bridgehead atoms. The summed E-state index contributed by atoms with van der Waals surface area (Å²) in [7, 11) is 0. The molecule has 0 aromatic heterocycles. The Hall–Kier alpha value is -1.94. The SMILES string of the molecule is Cc1ccc(C(N)COc2cc(F)cc(F)c2)c(C)c1. The second kappa shape index (κ2) is 6.01. The van der Waals surface area contributed by atoms with Crippen molar-refractivity contribution in [3.63, 3.8) is 0 Å². The second-order valence-corrected chi connectivity index (χ2v) is 4.88. The van der Waals surface area contributed by atoms with Crippen LogP contribution in [0.3, 0.4) is 0 Å². The molecule has 4 heteroatoms. The van der Waals surface area contributed by atoms with E-state index < -0.39 is 11.6 Å². The largest absolute Gasteiger partial charge is 0.491 e. The topological polar surface area (TPSA) is 35.2 Å². The van der Waals surface area contributed by atoms with Gasteiger partial charge in [-0.25, -0.2) is 8.78 Å². The molecule has 0 saturated carbocycles. The molecule has 0 heterocycles. The first kappa shape index (κ1) is 14.5. The van der Waals surface area contributed by atoms with Gasteiger partial charge in [0.05, 0.1) is 6.04 Å². The van der Waals surface area contributed by atoms with Crippen molar-refractivity contribution >= 4 is 0 Å². The Morgan fingerprint density at radius 3 is 2.30 bits per heavy atom. The van der Waals surface area contributed by atoms with Gasteiger partial charge in [0, 0.05) is 18.2 Å². The van der Waals surface area contributed by atoms with Crippen LogP contribution < -0.4 is 10.5 Å². The number of hydrogen-bond acceptors (Lipinski definition) is 2. The van der Waals surface area contributed by atoms with Crippen LogP contribution in [-0.4, -0.2) is 6.61 Å². The van der Waals surface area contributed by atoms with E-state index in [1.165, 1.54) is 0 Å². The Labute approximate surface area is 117 Å². The van der Waals surface area contributed by atoms with Crippen molar-refractivity contribution in [3.8, 4) is 5.75 Å². The van der Waals surface area contributed by atoms with Gasteiger partial charge in [0.15, 0.2) is 0 Å². The van der Waals surface area contributed by atoms with Crippen LogP contribution in [0.4, 0.5) is 8.78 Å². The lowest BCUT2D eigenvalue weighted by Crippen LogP contribution is -2.20. The molecule has 2 rings (SSSR count). The highest BCUT2D eigenvalue weighted by Gasteiger charge is 2.10. The van der Waals surface area contributed by atoms with E-state index >= 15 is 0 Å². The standard InChI is InChI=1S/C16H17F2NO/c1-10-3-4-15(11(2)5-10)16(19)9-20-14-7-12(17)6-13(18)8-14/h3-8,16H,9,19H2,1-2H3. The predicted molar refractivity (Wildman–Crippen MR) is 74.7 cm³/mol. The molecule has 0 amide bonds. The number of aryl methyl sites for hydroxylation is 2. The van der Waals surface area contributed by atoms with Crippen molar-refractivity contribution in [2.24, 2.45) is 5.73 Å². The van der Waals surface area contributed by atoms with Gasteiger partial charge in [0.25, 0.3) is 0 Å². The van der Waals surface area contributed by atoms with E-state index in [9.17, 15) is 8.78 Å². The van der Waals surface area contributed by atoms with E-state index in [-0.39, 0.29) is 18.4 Å². The summed E-state index contributed by atoms with van der Waals surface area (Å²) in [6, 6.07) is 8.69. The molecule has 0 spiro atoms. The lowest BCUT2D eigenvalue weighted by molar-refractivity contribution is 0.287. The Morgan fingerprint density at radius 1 is 1.05 bits per heavy atom. The Bertz CT molecular complexity index is 593. The van der Waals surface area contributed by atoms with E-state index in [1.54, 1.807) is 0 Å². The van der Waals surface area contributed by atoms with Gasteiger partial charge in [-0.1, -0.05) is 23.8 Å². The molecule has 2 N–H and O–H groups in total. The fourth-order valence-electron chi connectivity index (χ4n) is 2.13. The monoisotopic (exact) mass is 277 g/mol. The molecule has 20 heavy (non-hydrogen) atoms. The summed E-state index contributed by atoms with van der Waals surface area (Å²) in [4.78, 5) is 0. The van der Waals surface area contributed by atoms with E-state index in [4.69, 9.17) is 10.5 Å². The van der Waals surface area contributed by atoms with Gasteiger partial charge < -0.3 is 10.5 Å². The normalized spacial score (nSPS) is 12.2. The molecule has 2 aromatic rings. The highest BCUT2D eigenvalue weighted by molar-refractivity contribution is 5.33. The molecule has 106 valence electrons. The van der Waals surface area contributed by atoms with Gasteiger partial charge in [-0.3, -0.25) is 0 Å². The molecule has 0 aliphatic rings. The Balaban J connectivity index is 2.06. The number of rotatable bonds is 4. The third-order valence-electron chi connectivity index (χ3n) is 3.09. The van der Waals surface area contributed by atoms with Gasteiger partial charge >= 0.3 is 0 Å². The minimum atomic E-state index is -0.667. The van der Waals surface area contributed by atoms with Crippen LogP contribution in [0, 0.1) is 25.5 Å². The zero-order valence-electron chi connectivity index (χ0n) is 11.5. The summed E-state index contributed by atoms with van der Waals surface area (Å²) >= 11 is 0. The zero-order chi connectivity index (χ0) is 14.7. The molecule has 0 aliphatic heterocycles. The summed E-state index contributed by atoms with van der Waals surface area (Å²) in [6.45, 7) is 4.14. The van der Waals surface area contributed by atoms with Gasteiger partial charge in [-0.15, -0.1) is 0 Å². The van der Waals surface area contributed by atoms with Crippen LogP contribution in [0.5, 0.6) is 5.75 Å². The highest BCUT2D eigenvalue weighted by Crippen LogP contribution is 2.20. The summed E-state index contributed by atoms with van der Waals surface area (Å²) in [5, 5.41) is 0. The molecule has 0 fully saturated rings. The van der Waals surface area contributed by atoms with Crippen LogP contribution in [-0.2, 0) is 0 Å². The summed E-state index contributed by atoms with van der Waals surface area (Å²) < 4.78 is 31.4. The van der Waals surface area contributed by atoms with Crippen molar-refractivity contribution in [2.75, 3.05) is 6.61 Å². The van der Waals surface area contributed by atoms with Crippen LogP contribution in [0.25, 0.3) is 0 Å². The van der Waals surface area contributed by atoms with Crippen molar-refractivity contribution in [2.45, 2.75) is 19.9 Å². The number of nitrogens with two attached hydrogens (primary N) is 1. The average molecular weight is 277 g/mol. The first-order valence-electron chi connectivity index (χ1n) is 6.37. The molecular formula is C16H17F2NO. The Morgan fingerprint density at radius 2 is 1.70 bits per heavy atom. The Kier molecular flexibility index (Phi) is 4.35. The van der Waals surface area contributed by atoms with Crippen molar-refractivity contribution in [1.82, 2.24) is 0 Å². The number of halogens is 2. The van der Waals surface area contributed by atoms with Crippen molar-refractivity contribution < 1.29 is 13.5 Å². The average Bonchev–Trinajstić information content (AvgIpc) is 2.35. The zero-order valence-corrected chi connectivity index (χ0v) is 11.5. The molecule has 0 saturated heterocycles. The minimum Gasteiger partial charge on any atom is -0.491 e. The predicted octanol–water partition coefficient (Wildman–Crippen LogP) is 3.66. The van der Waals surface area contributed by atoms with Crippen LogP contribution in [0.1, 0.15) is 22.7 Å². The third-order valence-corrected chi connectivity index (χ3v) is 3.09. The molecule has 0 aliphatic carbocycles. The maximum Gasteiger partial charge on any atom is 0.129 e. The first-order chi connectivity index (χ1) is 9.45. The van der Waals surface area contributed by atoms with E-state index in [0.717, 1.165) is 34.9 Å². The maximum atomic E-state index is 13.0. The highest BCUT2D eigenvalue weighted by atomic mass is 19.1. The smallest absolute Gasteiger partial charge is 0.129 e. The fraction of sp³-hybridized carbons (Fsp3) is 0.250. The molecule has 2 aromatic carbocycles. The first-order valence-corrected chi connectivity index (χ1v) is 6.37. The van der Waals surface area contributed by atoms with E-state index in [0.29, 0.717) is 0 Å². The summed E-state index contributed by atoms with van der Waals surface area (Å²) in [6.07, 6.45) is 0. The number of hydrogen-bond donors (Lipinski definition) is 1. The summed E-state index contributed by atoms with van der Waals surface area (Å²) in [5.74, 6) is -1.19. The van der Waals surface area contributed by atoms with Crippen LogP contribution in [0.2, 0.25) is 0 Å².